The summed E-state index contributed by atoms with van der Waals surface area (Å²) < 4.78 is 10.8. The van der Waals surface area contributed by atoms with E-state index in [2.05, 4.69) is 34.3 Å². The Morgan fingerprint density at radius 2 is 1.81 bits per heavy atom. The molecule has 0 radical (unpaired) electrons. The summed E-state index contributed by atoms with van der Waals surface area (Å²) in [7, 11) is 0. The number of hydrogen-bond acceptors (Lipinski definition) is 6. The molecular formula is C21H22N4O2. The molecule has 6 heteroatoms. The highest BCUT2D eigenvalue weighted by Crippen LogP contribution is 2.32. The first kappa shape index (κ1) is 17.1. The zero-order valence-corrected chi connectivity index (χ0v) is 15.5. The molecular weight excluding hydrogens is 340 g/mol. The van der Waals surface area contributed by atoms with Crippen LogP contribution < -0.4 is 19.7 Å². The van der Waals surface area contributed by atoms with E-state index in [0.717, 1.165) is 40.8 Å². The summed E-state index contributed by atoms with van der Waals surface area (Å²) in [5.74, 6) is 3.05. The van der Waals surface area contributed by atoms with Crippen molar-refractivity contribution < 1.29 is 9.47 Å². The number of fused-ring (bicyclic) bond motifs is 1. The van der Waals surface area contributed by atoms with Crippen LogP contribution in [0.25, 0.3) is 0 Å². The van der Waals surface area contributed by atoms with Crippen molar-refractivity contribution in [3.8, 4) is 11.5 Å². The maximum atomic E-state index is 5.44. The molecule has 0 unspecified atom stereocenters. The largest absolute Gasteiger partial charge is 0.454 e. The summed E-state index contributed by atoms with van der Waals surface area (Å²) in [5, 5.41) is 3.32. The first-order chi connectivity index (χ1) is 13.2. The number of hydrogen-bond donors (Lipinski definition) is 1. The molecule has 0 aliphatic carbocycles. The summed E-state index contributed by atoms with van der Waals surface area (Å²) in [6.45, 7) is 5.81. The Labute approximate surface area is 158 Å². The van der Waals surface area contributed by atoms with Gasteiger partial charge in [0.15, 0.2) is 11.5 Å². The van der Waals surface area contributed by atoms with Gasteiger partial charge in [0.2, 0.25) is 12.7 Å². The van der Waals surface area contributed by atoms with Crippen LogP contribution in [0.3, 0.4) is 0 Å². The molecule has 1 aromatic heterocycles. The fraction of sp³-hybridized carbons (Fsp3) is 0.238. The van der Waals surface area contributed by atoms with Crippen molar-refractivity contribution in [2.45, 2.75) is 20.4 Å². The Morgan fingerprint density at radius 1 is 1.00 bits per heavy atom. The summed E-state index contributed by atoms with van der Waals surface area (Å²) in [6.07, 6.45) is 0. The SMILES string of the molecule is CCN(c1ccccc1)c1cc(C)nc(NCc2ccc3c(c2)OCO3)n1. The van der Waals surface area contributed by atoms with Crippen molar-refractivity contribution >= 4 is 17.5 Å². The molecule has 3 aromatic rings. The molecule has 1 aliphatic heterocycles. The zero-order valence-electron chi connectivity index (χ0n) is 15.5. The van der Waals surface area contributed by atoms with Gasteiger partial charge in [-0.2, -0.15) is 4.98 Å². The molecule has 0 saturated carbocycles. The van der Waals surface area contributed by atoms with Gasteiger partial charge >= 0.3 is 0 Å². The number of nitrogens with zero attached hydrogens (tertiary/aromatic N) is 3. The van der Waals surface area contributed by atoms with E-state index in [4.69, 9.17) is 14.5 Å². The smallest absolute Gasteiger partial charge is 0.231 e. The summed E-state index contributed by atoms with van der Waals surface area (Å²) in [5.41, 5.74) is 3.11. The van der Waals surface area contributed by atoms with E-state index in [0.29, 0.717) is 12.5 Å². The second-order valence-corrected chi connectivity index (χ2v) is 6.31. The summed E-state index contributed by atoms with van der Waals surface area (Å²) in [6, 6.07) is 18.2. The number of rotatable bonds is 6. The van der Waals surface area contributed by atoms with Crippen molar-refractivity contribution in [1.82, 2.24) is 9.97 Å². The number of aryl methyl sites for hydroxylation is 1. The minimum absolute atomic E-state index is 0.281. The molecule has 2 aromatic carbocycles. The van der Waals surface area contributed by atoms with Gasteiger partial charge < -0.3 is 19.7 Å². The number of ether oxygens (including phenoxy) is 2. The van der Waals surface area contributed by atoms with Crippen LogP contribution >= 0.6 is 0 Å². The van der Waals surface area contributed by atoms with Crippen LogP contribution in [0.1, 0.15) is 18.2 Å². The summed E-state index contributed by atoms with van der Waals surface area (Å²) in [4.78, 5) is 11.4. The predicted octanol–water partition coefficient (Wildman–Crippen LogP) is 4.28. The van der Waals surface area contributed by atoms with Crippen molar-refractivity contribution in [2.24, 2.45) is 0 Å². The van der Waals surface area contributed by atoms with Crippen molar-refractivity contribution in [1.29, 1.82) is 0 Å². The highest BCUT2D eigenvalue weighted by molar-refractivity contribution is 5.61. The topological polar surface area (TPSA) is 59.5 Å². The minimum Gasteiger partial charge on any atom is -0.454 e. The Bertz CT molecular complexity index is 931. The van der Waals surface area contributed by atoms with Gasteiger partial charge in [-0.3, -0.25) is 0 Å². The molecule has 0 amide bonds. The molecule has 138 valence electrons. The Morgan fingerprint density at radius 3 is 2.63 bits per heavy atom. The quantitative estimate of drug-likeness (QED) is 0.706. The first-order valence-electron chi connectivity index (χ1n) is 9.03. The number of anilines is 3. The van der Waals surface area contributed by atoms with Crippen LogP contribution in [0.4, 0.5) is 17.5 Å². The molecule has 27 heavy (non-hydrogen) atoms. The number of aromatic nitrogens is 2. The maximum Gasteiger partial charge on any atom is 0.231 e. The van der Waals surface area contributed by atoms with E-state index in [9.17, 15) is 0 Å². The Hall–Kier alpha value is -3.28. The fourth-order valence-corrected chi connectivity index (χ4v) is 3.09. The van der Waals surface area contributed by atoms with E-state index in [-0.39, 0.29) is 6.79 Å². The van der Waals surface area contributed by atoms with E-state index in [1.54, 1.807) is 0 Å². The van der Waals surface area contributed by atoms with Gasteiger partial charge in [-0.05, 0) is 43.7 Å². The highest BCUT2D eigenvalue weighted by Gasteiger charge is 2.14. The second kappa shape index (κ2) is 7.53. The number of para-hydroxylation sites is 1. The third kappa shape index (κ3) is 3.79. The lowest BCUT2D eigenvalue weighted by Gasteiger charge is -2.23. The summed E-state index contributed by atoms with van der Waals surface area (Å²) >= 11 is 0. The highest BCUT2D eigenvalue weighted by atomic mass is 16.7. The zero-order chi connectivity index (χ0) is 18.6. The molecule has 6 nitrogen and oxygen atoms in total. The van der Waals surface area contributed by atoms with Crippen molar-refractivity contribution in [3.05, 3.63) is 65.9 Å². The predicted molar refractivity (Wildman–Crippen MR) is 106 cm³/mol. The van der Waals surface area contributed by atoms with Gasteiger partial charge in [0.05, 0.1) is 0 Å². The Kier molecular flexibility index (Phi) is 4.78. The molecule has 0 spiro atoms. The van der Waals surface area contributed by atoms with Gasteiger partial charge in [0.25, 0.3) is 0 Å². The molecule has 0 fully saturated rings. The average Bonchev–Trinajstić information content (AvgIpc) is 3.15. The molecule has 0 bridgehead atoms. The van der Waals surface area contributed by atoms with Crippen LogP contribution in [-0.4, -0.2) is 23.3 Å². The number of nitrogens with one attached hydrogen (secondary N) is 1. The van der Waals surface area contributed by atoms with Gasteiger partial charge in [0.1, 0.15) is 5.82 Å². The van der Waals surface area contributed by atoms with E-state index >= 15 is 0 Å². The lowest BCUT2D eigenvalue weighted by Crippen LogP contribution is -2.18. The van der Waals surface area contributed by atoms with Gasteiger partial charge in [0, 0.05) is 30.5 Å². The molecule has 1 N–H and O–H groups in total. The average molecular weight is 362 g/mol. The lowest BCUT2D eigenvalue weighted by molar-refractivity contribution is 0.174. The van der Waals surface area contributed by atoms with Crippen LogP contribution in [-0.2, 0) is 6.54 Å². The molecule has 1 aliphatic rings. The standard InChI is InChI=1S/C21H22N4O2/c1-3-25(17-7-5-4-6-8-17)20-11-15(2)23-21(24-20)22-13-16-9-10-18-19(12-16)27-14-26-18/h4-12H,3,13-14H2,1-2H3,(H,22,23,24). The van der Waals surface area contributed by atoms with E-state index in [1.807, 2.05) is 49.4 Å². The van der Waals surface area contributed by atoms with Gasteiger partial charge in [-0.25, -0.2) is 4.98 Å². The molecule has 2 heterocycles. The third-order valence-corrected chi connectivity index (χ3v) is 4.39. The second-order valence-electron chi connectivity index (χ2n) is 6.31. The van der Waals surface area contributed by atoms with E-state index < -0.39 is 0 Å². The van der Waals surface area contributed by atoms with Crippen LogP contribution in [0.15, 0.2) is 54.6 Å². The minimum atomic E-state index is 0.281. The first-order valence-corrected chi connectivity index (χ1v) is 9.03. The van der Waals surface area contributed by atoms with Crippen molar-refractivity contribution in [3.63, 3.8) is 0 Å². The Balaban J connectivity index is 1.53. The molecule has 0 atom stereocenters. The third-order valence-electron chi connectivity index (χ3n) is 4.39. The van der Waals surface area contributed by atoms with Crippen LogP contribution in [0, 0.1) is 6.92 Å². The van der Waals surface area contributed by atoms with Gasteiger partial charge in [-0.15, -0.1) is 0 Å². The fourth-order valence-electron chi connectivity index (χ4n) is 3.09. The van der Waals surface area contributed by atoms with Gasteiger partial charge in [-0.1, -0.05) is 24.3 Å². The maximum absolute atomic E-state index is 5.44. The molecule has 0 saturated heterocycles. The van der Waals surface area contributed by atoms with Crippen LogP contribution in [0.2, 0.25) is 0 Å². The lowest BCUT2D eigenvalue weighted by atomic mass is 10.2. The normalized spacial score (nSPS) is 12.1. The number of benzene rings is 2. The van der Waals surface area contributed by atoms with Crippen LogP contribution in [0.5, 0.6) is 11.5 Å². The van der Waals surface area contributed by atoms with Crippen molar-refractivity contribution in [2.75, 3.05) is 23.6 Å². The monoisotopic (exact) mass is 362 g/mol. The molecule has 4 rings (SSSR count). The van der Waals surface area contributed by atoms with E-state index in [1.165, 1.54) is 0 Å².